The van der Waals surface area contributed by atoms with Gasteiger partial charge in [0, 0.05) is 6.54 Å². The van der Waals surface area contributed by atoms with E-state index < -0.39 is 0 Å². The van der Waals surface area contributed by atoms with Gasteiger partial charge in [-0.25, -0.2) is 0 Å². The fraction of sp³-hybridized carbons (Fsp3) is 1.00. The number of nitrogens with zero attached hydrogens (tertiary/aromatic N) is 1. The van der Waals surface area contributed by atoms with Crippen LogP contribution in [0.1, 0.15) is 13.3 Å². The normalized spacial score (nSPS) is 44.0. The van der Waals surface area contributed by atoms with Gasteiger partial charge in [-0.15, -0.1) is 0 Å². The summed E-state index contributed by atoms with van der Waals surface area (Å²) >= 11 is 0. The standard InChI is InChI=1S/C5H10N2O/c1-4-2-5(4,3-6)7-8/h4H,2-3,6H2,1H3. The van der Waals surface area contributed by atoms with Gasteiger partial charge in [0.25, 0.3) is 0 Å². The van der Waals surface area contributed by atoms with Gasteiger partial charge < -0.3 is 5.73 Å². The molecule has 8 heavy (non-hydrogen) atoms. The molecule has 2 N–H and O–H groups in total. The maximum absolute atomic E-state index is 10.0. The number of nitroso groups, excluding NO2 is 1. The van der Waals surface area contributed by atoms with Crippen molar-refractivity contribution >= 4 is 0 Å². The SMILES string of the molecule is CC1CC1(CN)N=O. The smallest absolute Gasteiger partial charge is 0.118 e. The fourth-order valence-corrected chi connectivity index (χ4v) is 0.920. The molecule has 0 radical (unpaired) electrons. The van der Waals surface area contributed by atoms with Crippen LogP contribution in [0.25, 0.3) is 0 Å². The summed E-state index contributed by atoms with van der Waals surface area (Å²) in [5, 5.41) is 2.96. The molecule has 2 atom stereocenters. The first-order chi connectivity index (χ1) is 3.75. The van der Waals surface area contributed by atoms with Crippen LogP contribution in [-0.4, -0.2) is 12.1 Å². The van der Waals surface area contributed by atoms with Crippen molar-refractivity contribution in [3.8, 4) is 0 Å². The Morgan fingerprint density at radius 1 is 2.00 bits per heavy atom. The van der Waals surface area contributed by atoms with Gasteiger partial charge >= 0.3 is 0 Å². The molecule has 2 unspecified atom stereocenters. The summed E-state index contributed by atoms with van der Waals surface area (Å²) in [6.45, 7) is 2.41. The van der Waals surface area contributed by atoms with E-state index in [1.54, 1.807) is 0 Å². The van der Waals surface area contributed by atoms with E-state index in [0.29, 0.717) is 12.5 Å². The topological polar surface area (TPSA) is 55.4 Å². The van der Waals surface area contributed by atoms with E-state index in [0.717, 1.165) is 6.42 Å². The second-order valence-corrected chi connectivity index (χ2v) is 2.50. The molecule has 0 aromatic carbocycles. The van der Waals surface area contributed by atoms with Gasteiger partial charge in [0.1, 0.15) is 5.54 Å². The number of hydrogen-bond acceptors (Lipinski definition) is 3. The summed E-state index contributed by atoms with van der Waals surface area (Å²) in [5.41, 5.74) is 4.91. The fourth-order valence-electron chi connectivity index (χ4n) is 0.920. The zero-order chi connectivity index (χ0) is 6.20. The molecule has 1 rings (SSSR count). The second kappa shape index (κ2) is 1.52. The third-order valence-electron chi connectivity index (χ3n) is 1.95. The molecule has 0 spiro atoms. The van der Waals surface area contributed by atoms with Crippen molar-refractivity contribution in [1.29, 1.82) is 0 Å². The molecule has 0 aromatic heterocycles. The highest BCUT2D eigenvalue weighted by molar-refractivity contribution is 5.08. The van der Waals surface area contributed by atoms with Crippen LogP contribution in [0.5, 0.6) is 0 Å². The number of rotatable bonds is 2. The van der Waals surface area contributed by atoms with Crippen LogP contribution in [0.15, 0.2) is 5.18 Å². The first-order valence-electron chi connectivity index (χ1n) is 2.80. The van der Waals surface area contributed by atoms with Gasteiger partial charge in [0.15, 0.2) is 0 Å². The van der Waals surface area contributed by atoms with E-state index in [4.69, 9.17) is 5.73 Å². The van der Waals surface area contributed by atoms with E-state index in [-0.39, 0.29) is 5.54 Å². The largest absolute Gasteiger partial charge is 0.328 e. The lowest BCUT2D eigenvalue weighted by atomic mass is 10.2. The molecule has 3 nitrogen and oxygen atoms in total. The molecule has 0 heterocycles. The van der Waals surface area contributed by atoms with Crippen molar-refractivity contribution in [2.75, 3.05) is 6.54 Å². The van der Waals surface area contributed by atoms with Crippen LogP contribution in [0.2, 0.25) is 0 Å². The minimum absolute atomic E-state index is 0.361. The van der Waals surface area contributed by atoms with Crippen LogP contribution in [0.3, 0.4) is 0 Å². The maximum atomic E-state index is 10.0. The summed E-state index contributed by atoms with van der Waals surface area (Å²) < 4.78 is 0. The Kier molecular flexibility index (Phi) is 1.08. The molecule has 46 valence electrons. The molecular formula is C5H10N2O. The Hall–Kier alpha value is -0.440. The highest BCUT2D eigenvalue weighted by Crippen LogP contribution is 2.45. The molecule has 1 saturated carbocycles. The van der Waals surface area contributed by atoms with Gasteiger partial charge in [-0.05, 0) is 12.3 Å². The van der Waals surface area contributed by atoms with Crippen molar-refractivity contribution in [2.24, 2.45) is 16.8 Å². The summed E-state index contributed by atoms with van der Waals surface area (Å²) in [6, 6.07) is 0. The summed E-state index contributed by atoms with van der Waals surface area (Å²) in [4.78, 5) is 10.0. The number of nitrogens with two attached hydrogens (primary N) is 1. The Balaban J connectivity index is 2.51. The van der Waals surface area contributed by atoms with Crippen LogP contribution in [0, 0.1) is 10.8 Å². The van der Waals surface area contributed by atoms with E-state index >= 15 is 0 Å². The molecule has 3 heteroatoms. The summed E-state index contributed by atoms with van der Waals surface area (Å²) in [5.74, 6) is 0.421. The Bertz CT molecular complexity index is 111. The van der Waals surface area contributed by atoms with Crippen LogP contribution >= 0.6 is 0 Å². The molecule has 0 amide bonds. The van der Waals surface area contributed by atoms with E-state index in [1.165, 1.54) is 0 Å². The van der Waals surface area contributed by atoms with Gasteiger partial charge in [0.2, 0.25) is 0 Å². The van der Waals surface area contributed by atoms with Crippen molar-refractivity contribution in [1.82, 2.24) is 0 Å². The van der Waals surface area contributed by atoms with Crippen molar-refractivity contribution in [3.63, 3.8) is 0 Å². The van der Waals surface area contributed by atoms with Crippen molar-refractivity contribution in [3.05, 3.63) is 4.91 Å². The van der Waals surface area contributed by atoms with E-state index in [2.05, 4.69) is 5.18 Å². The highest BCUT2D eigenvalue weighted by atomic mass is 16.3. The van der Waals surface area contributed by atoms with Crippen LogP contribution in [-0.2, 0) is 0 Å². The van der Waals surface area contributed by atoms with Crippen molar-refractivity contribution < 1.29 is 0 Å². The Morgan fingerprint density at radius 2 is 2.50 bits per heavy atom. The third-order valence-corrected chi connectivity index (χ3v) is 1.95. The third kappa shape index (κ3) is 0.545. The molecule has 0 aliphatic heterocycles. The zero-order valence-corrected chi connectivity index (χ0v) is 4.92. The summed E-state index contributed by atoms with van der Waals surface area (Å²) in [6.07, 6.45) is 0.882. The predicted molar refractivity (Wildman–Crippen MR) is 31.4 cm³/mol. The van der Waals surface area contributed by atoms with E-state index in [1.807, 2.05) is 6.92 Å². The molecule has 1 aliphatic carbocycles. The van der Waals surface area contributed by atoms with Crippen LogP contribution in [0.4, 0.5) is 0 Å². The lowest BCUT2D eigenvalue weighted by Crippen LogP contribution is -2.20. The molecule has 1 aliphatic rings. The Morgan fingerprint density at radius 3 is 2.50 bits per heavy atom. The van der Waals surface area contributed by atoms with E-state index in [9.17, 15) is 4.91 Å². The first kappa shape index (κ1) is 5.69. The Labute approximate surface area is 48.2 Å². The molecular weight excluding hydrogens is 104 g/mol. The molecule has 0 saturated heterocycles. The lowest BCUT2D eigenvalue weighted by Gasteiger charge is -1.98. The minimum Gasteiger partial charge on any atom is -0.328 e. The average Bonchev–Trinajstić information content (AvgIpc) is 2.43. The monoisotopic (exact) mass is 114 g/mol. The average molecular weight is 114 g/mol. The summed E-state index contributed by atoms with van der Waals surface area (Å²) in [7, 11) is 0. The molecule has 0 aromatic rings. The maximum Gasteiger partial charge on any atom is 0.118 e. The van der Waals surface area contributed by atoms with Gasteiger partial charge in [-0.1, -0.05) is 12.1 Å². The van der Waals surface area contributed by atoms with Gasteiger partial charge in [-0.2, -0.15) is 4.91 Å². The van der Waals surface area contributed by atoms with Gasteiger partial charge in [-0.3, -0.25) is 0 Å². The number of hydrogen-bond donors (Lipinski definition) is 1. The minimum atomic E-state index is -0.361. The molecule has 1 fully saturated rings. The lowest BCUT2D eigenvalue weighted by molar-refractivity contribution is 0.627. The quantitative estimate of drug-likeness (QED) is 0.531. The molecule has 0 bridgehead atoms. The van der Waals surface area contributed by atoms with Crippen LogP contribution < -0.4 is 5.73 Å². The highest BCUT2D eigenvalue weighted by Gasteiger charge is 2.52. The predicted octanol–water partition coefficient (Wildman–Crippen LogP) is 0.490. The first-order valence-corrected chi connectivity index (χ1v) is 2.80. The zero-order valence-electron chi connectivity index (χ0n) is 4.92. The van der Waals surface area contributed by atoms with Crippen molar-refractivity contribution in [2.45, 2.75) is 18.9 Å². The van der Waals surface area contributed by atoms with Gasteiger partial charge in [0.05, 0.1) is 0 Å². The second-order valence-electron chi connectivity index (χ2n) is 2.50.